The Kier molecular flexibility index (Phi) is 5.33. The molecule has 1 N–H and O–H groups in total. The third kappa shape index (κ3) is 3.58. The van der Waals surface area contributed by atoms with Gasteiger partial charge in [-0.2, -0.15) is 0 Å². The molecule has 4 aliphatic carbocycles. The third-order valence-corrected chi connectivity index (χ3v) is 9.18. The molecule has 0 atom stereocenters. The predicted molar refractivity (Wildman–Crippen MR) is 131 cm³/mol. The summed E-state index contributed by atoms with van der Waals surface area (Å²) < 4.78 is 5.17. The smallest absolute Gasteiger partial charge is 0.341 e. The zero-order valence-corrected chi connectivity index (χ0v) is 20.1. The van der Waals surface area contributed by atoms with Crippen LogP contribution < -0.4 is 5.32 Å². The second kappa shape index (κ2) is 7.89. The summed E-state index contributed by atoms with van der Waals surface area (Å²) in [5.41, 5.74) is 2.71. The van der Waals surface area contributed by atoms with Gasteiger partial charge in [0.15, 0.2) is 5.11 Å². The van der Waals surface area contributed by atoms with E-state index in [1.54, 1.807) is 11.3 Å². The first-order chi connectivity index (χ1) is 14.9. The van der Waals surface area contributed by atoms with Gasteiger partial charge in [-0.05, 0) is 81.0 Å². The number of thiophene rings is 1. The van der Waals surface area contributed by atoms with Gasteiger partial charge in [0.1, 0.15) is 10.6 Å². The number of carbonyl (C=O) groups is 1. The molecule has 0 radical (unpaired) electrons. The summed E-state index contributed by atoms with van der Waals surface area (Å²) >= 11 is 7.49. The number of nitrogens with one attached hydrogen (secondary N) is 1. The summed E-state index contributed by atoms with van der Waals surface area (Å²) in [5, 5.41) is 4.95. The SMILES string of the molecule is COC(=O)c1c(NC(=S)N(C)C23CC4CC(CC(C4)C2)C3)sc(C)c1-c1ccccc1. The van der Waals surface area contributed by atoms with Crippen molar-refractivity contribution in [1.82, 2.24) is 4.90 Å². The Balaban J connectivity index is 1.45. The largest absolute Gasteiger partial charge is 0.465 e. The van der Waals surface area contributed by atoms with Crippen molar-refractivity contribution in [2.75, 3.05) is 19.5 Å². The number of esters is 1. The first-order valence-corrected chi connectivity index (χ1v) is 12.4. The third-order valence-electron chi connectivity index (χ3n) is 7.78. The van der Waals surface area contributed by atoms with Crippen LogP contribution in [0.4, 0.5) is 5.00 Å². The van der Waals surface area contributed by atoms with Gasteiger partial charge in [0.05, 0.1) is 7.11 Å². The monoisotopic (exact) mass is 454 g/mol. The first kappa shape index (κ1) is 21.0. The number of ether oxygens (including phenoxy) is 1. The zero-order chi connectivity index (χ0) is 21.8. The van der Waals surface area contributed by atoms with E-state index < -0.39 is 0 Å². The van der Waals surface area contributed by atoms with Gasteiger partial charge in [0.25, 0.3) is 0 Å². The number of anilines is 1. The maximum atomic E-state index is 12.8. The number of rotatable bonds is 4. The molecule has 4 nitrogen and oxygen atoms in total. The van der Waals surface area contributed by atoms with E-state index in [0.717, 1.165) is 38.8 Å². The van der Waals surface area contributed by atoms with Crippen LogP contribution in [0, 0.1) is 24.7 Å². The fourth-order valence-corrected chi connectivity index (χ4v) is 8.18. The molecule has 6 heteroatoms. The van der Waals surface area contributed by atoms with Crippen LogP contribution in [0.2, 0.25) is 0 Å². The van der Waals surface area contributed by atoms with Gasteiger partial charge in [-0.1, -0.05) is 30.3 Å². The molecule has 0 amide bonds. The first-order valence-electron chi connectivity index (χ1n) is 11.2. The normalized spacial score (nSPS) is 28.4. The molecule has 0 unspecified atom stereocenters. The summed E-state index contributed by atoms with van der Waals surface area (Å²) in [6.45, 7) is 2.05. The van der Waals surface area contributed by atoms with E-state index in [4.69, 9.17) is 17.0 Å². The van der Waals surface area contributed by atoms with Crippen molar-refractivity contribution < 1.29 is 9.53 Å². The number of thiocarbonyl (C=S) groups is 1. The summed E-state index contributed by atoms with van der Waals surface area (Å²) in [4.78, 5) is 16.2. The van der Waals surface area contributed by atoms with Crippen molar-refractivity contribution in [2.45, 2.75) is 51.0 Å². The molecule has 164 valence electrons. The van der Waals surface area contributed by atoms with Crippen molar-refractivity contribution in [3.8, 4) is 11.1 Å². The lowest BCUT2D eigenvalue weighted by Gasteiger charge is -2.60. The van der Waals surface area contributed by atoms with Crippen molar-refractivity contribution >= 4 is 39.6 Å². The van der Waals surface area contributed by atoms with E-state index in [2.05, 4.69) is 24.2 Å². The standard InChI is InChI=1S/C25H30N2O2S2/c1-15-20(19-7-5-4-6-8-19)21(23(28)29-3)22(31-15)26-24(30)27(2)25-12-16-9-17(13-25)11-18(10-16)14-25/h4-8,16-18H,9-14H2,1-3H3,(H,26,30). The van der Waals surface area contributed by atoms with E-state index in [-0.39, 0.29) is 11.5 Å². The van der Waals surface area contributed by atoms with Crippen LogP contribution in [0.3, 0.4) is 0 Å². The average molecular weight is 455 g/mol. The Hall–Kier alpha value is -1.92. The fourth-order valence-electron chi connectivity index (χ4n) is 6.75. The summed E-state index contributed by atoms with van der Waals surface area (Å²) in [7, 11) is 3.59. The Morgan fingerprint density at radius 1 is 1.13 bits per heavy atom. The highest BCUT2D eigenvalue weighted by atomic mass is 32.1. The number of carbonyl (C=O) groups excluding carboxylic acids is 1. The number of nitrogens with zero attached hydrogens (tertiary/aromatic N) is 1. The van der Waals surface area contributed by atoms with Gasteiger partial charge in [-0.3, -0.25) is 0 Å². The molecule has 31 heavy (non-hydrogen) atoms. The van der Waals surface area contributed by atoms with E-state index in [1.165, 1.54) is 45.6 Å². The lowest BCUT2D eigenvalue weighted by atomic mass is 9.52. The van der Waals surface area contributed by atoms with Gasteiger partial charge in [0.2, 0.25) is 0 Å². The minimum absolute atomic E-state index is 0.179. The second-order valence-electron chi connectivity index (χ2n) is 9.73. The fraction of sp³-hybridized carbons (Fsp3) is 0.520. The maximum absolute atomic E-state index is 12.8. The van der Waals surface area contributed by atoms with Crippen LogP contribution in [0.15, 0.2) is 30.3 Å². The predicted octanol–water partition coefficient (Wildman–Crippen LogP) is 6.11. The molecule has 1 aromatic heterocycles. The molecule has 1 aromatic carbocycles. The van der Waals surface area contributed by atoms with Crippen LogP contribution >= 0.6 is 23.6 Å². The quantitative estimate of drug-likeness (QED) is 0.446. The maximum Gasteiger partial charge on any atom is 0.341 e. The van der Waals surface area contributed by atoms with Crippen molar-refractivity contribution in [2.24, 2.45) is 17.8 Å². The van der Waals surface area contributed by atoms with Gasteiger partial charge < -0.3 is 15.0 Å². The molecular formula is C25H30N2O2S2. The topological polar surface area (TPSA) is 41.6 Å². The number of hydrogen-bond donors (Lipinski definition) is 1. The molecule has 1 heterocycles. The Morgan fingerprint density at radius 2 is 1.71 bits per heavy atom. The number of benzene rings is 1. The van der Waals surface area contributed by atoms with Crippen LogP contribution in [0.5, 0.6) is 0 Å². The second-order valence-corrected chi connectivity index (χ2v) is 11.3. The molecule has 0 spiro atoms. The van der Waals surface area contributed by atoms with Crippen molar-refractivity contribution in [1.29, 1.82) is 0 Å². The Morgan fingerprint density at radius 3 is 2.26 bits per heavy atom. The van der Waals surface area contributed by atoms with Gasteiger partial charge >= 0.3 is 5.97 Å². The van der Waals surface area contributed by atoms with Crippen molar-refractivity contribution in [3.63, 3.8) is 0 Å². The molecule has 2 aromatic rings. The zero-order valence-electron chi connectivity index (χ0n) is 18.4. The number of aryl methyl sites for hydroxylation is 1. The lowest BCUT2D eigenvalue weighted by Crippen LogP contribution is -2.60. The van der Waals surface area contributed by atoms with Crippen LogP contribution in [0.25, 0.3) is 11.1 Å². The molecule has 4 fully saturated rings. The molecule has 0 aliphatic heterocycles. The molecule has 4 saturated carbocycles. The van der Waals surface area contributed by atoms with Crippen LogP contribution in [-0.2, 0) is 4.74 Å². The molecular weight excluding hydrogens is 424 g/mol. The van der Waals surface area contributed by atoms with Gasteiger partial charge in [-0.25, -0.2) is 4.79 Å². The highest BCUT2D eigenvalue weighted by molar-refractivity contribution is 7.80. The van der Waals surface area contributed by atoms with E-state index in [1.807, 2.05) is 30.3 Å². The molecule has 4 aliphatic rings. The Bertz CT molecular complexity index is 979. The minimum atomic E-state index is -0.328. The van der Waals surface area contributed by atoms with Gasteiger partial charge in [-0.15, -0.1) is 11.3 Å². The van der Waals surface area contributed by atoms with E-state index >= 15 is 0 Å². The lowest BCUT2D eigenvalue weighted by molar-refractivity contribution is -0.0538. The Labute approximate surface area is 194 Å². The summed E-state index contributed by atoms with van der Waals surface area (Å²) in [6.07, 6.45) is 7.97. The summed E-state index contributed by atoms with van der Waals surface area (Å²) in [6, 6.07) is 10.0. The molecule has 4 bridgehead atoms. The highest BCUT2D eigenvalue weighted by Crippen LogP contribution is 2.57. The number of hydrogen-bond acceptors (Lipinski definition) is 4. The highest BCUT2D eigenvalue weighted by Gasteiger charge is 2.53. The average Bonchev–Trinajstić information content (AvgIpc) is 3.07. The van der Waals surface area contributed by atoms with Gasteiger partial charge in [0, 0.05) is 23.0 Å². The minimum Gasteiger partial charge on any atom is -0.465 e. The van der Waals surface area contributed by atoms with Crippen LogP contribution in [0.1, 0.15) is 53.8 Å². The van der Waals surface area contributed by atoms with Crippen molar-refractivity contribution in [3.05, 3.63) is 40.8 Å². The molecule has 0 saturated heterocycles. The number of methoxy groups -OCH3 is 1. The molecule has 6 rings (SSSR count). The van der Waals surface area contributed by atoms with E-state index in [0.29, 0.717) is 10.7 Å². The summed E-state index contributed by atoms with van der Waals surface area (Å²) in [5.74, 6) is 2.24. The van der Waals surface area contributed by atoms with E-state index in [9.17, 15) is 4.79 Å². The van der Waals surface area contributed by atoms with Crippen LogP contribution in [-0.4, -0.2) is 35.7 Å².